The zero-order chi connectivity index (χ0) is 17.1. The molecule has 0 saturated carbocycles. The summed E-state index contributed by atoms with van der Waals surface area (Å²) in [5, 5.41) is 4.19. The zero-order valence-corrected chi connectivity index (χ0v) is 13.5. The third-order valence-electron chi connectivity index (χ3n) is 3.85. The van der Waals surface area contributed by atoms with Gasteiger partial charge in [0, 0.05) is 25.5 Å². The molecule has 0 saturated heterocycles. The minimum absolute atomic E-state index is 0.146. The topological polar surface area (TPSA) is 66.1 Å². The molecular weight excluding hydrogens is 306 g/mol. The highest BCUT2D eigenvalue weighted by Gasteiger charge is 2.12. The van der Waals surface area contributed by atoms with Gasteiger partial charge in [-0.1, -0.05) is 12.1 Å². The largest absolute Gasteiger partial charge is 0.456 e. The molecule has 0 aliphatic rings. The van der Waals surface area contributed by atoms with E-state index >= 15 is 0 Å². The number of benzene rings is 1. The van der Waals surface area contributed by atoms with Crippen LogP contribution in [0.15, 0.2) is 59.7 Å². The molecule has 0 amide bonds. The van der Waals surface area contributed by atoms with Crippen molar-refractivity contribution in [2.75, 3.05) is 0 Å². The second-order valence-electron chi connectivity index (χ2n) is 5.45. The van der Waals surface area contributed by atoms with Crippen LogP contribution < -0.4 is 5.56 Å². The Kier molecular flexibility index (Phi) is 4.29. The standard InChI is InChI=1S/C18H17N3O3/c1-13-11-15(21-10-4-9-19-21)8-7-14(13)12-24-18(23)16-5-3-6-17(22)20(16)2/h3-11H,12H2,1-2H3. The quantitative estimate of drug-likeness (QED) is 0.691. The lowest BCUT2D eigenvalue weighted by Crippen LogP contribution is -2.23. The zero-order valence-electron chi connectivity index (χ0n) is 13.5. The fraction of sp³-hybridized carbons (Fsp3) is 0.167. The predicted octanol–water partition coefficient (Wildman–Crippen LogP) is 2.24. The second kappa shape index (κ2) is 6.54. The number of ether oxygens (including phenoxy) is 1. The van der Waals surface area contributed by atoms with Gasteiger partial charge in [0.2, 0.25) is 0 Å². The van der Waals surface area contributed by atoms with Gasteiger partial charge in [-0.15, -0.1) is 0 Å². The van der Waals surface area contributed by atoms with Crippen LogP contribution in [-0.2, 0) is 18.4 Å². The number of carbonyl (C=O) groups is 1. The van der Waals surface area contributed by atoms with Gasteiger partial charge >= 0.3 is 5.97 Å². The average Bonchev–Trinajstić information content (AvgIpc) is 3.10. The van der Waals surface area contributed by atoms with Gasteiger partial charge in [-0.3, -0.25) is 4.79 Å². The van der Waals surface area contributed by atoms with E-state index in [-0.39, 0.29) is 17.9 Å². The fourth-order valence-electron chi connectivity index (χ4n) is 2.39. The summed E-state index contributed by atoms with van der Waals surface area (Å²) in [7, 11) is 1.54. The van der Waals surface area contributed by atoms with Crippen molar-refractivity contribution in [3.8, 4) is 5.69 Å². The lowest BCUT2D eigenvalue weighted by atomic mass is 10.1. The Labute approximate surface area is 138 Å². The van der Waals surface area contributed by atoms with E-state index in [2.05, 4.69) is 5.10 Å². The van der Waals surface area contributed by atoms with Crippen LogP contribution in [-0.4, -0.2) is 20.3 Å². The average molecular weight is 323 g/mol. The Morgan fingerprint density at radius 1 is 1.21 bits per heavy atom. The smallest absolute Gasteiger partial charge is 0.355 e. The van der Waals surface area contributed by atoms with Crippen molar-refractivity contribution in [2.24, 2.45) is 7.05 Å². The number of carbonyl (C=O) groups excluding carboxylic acids is 1. The third kappa shape index (κ3) is 3.12. The molecule has 2 heterocycles. The van der Waals surface area contributed by atoms with Crippen LogP contribution in [0.25, 0.3) is 5.69 Å². The summed E-state index contributed by atoms with van der Waals surface area (Å²) in [6.45, 7) is 2.10. The summed E-state index contributed by atoms with van der Waals surface area (Å²) in [6.07, 6.45) is 3.58. The summed E-state index contributed by atoms with van der Waals surface area (Å²) < 4.78 is 8.38. The number of hydrogen-bond donors (Lipinski definition) is 0. The lowest BCUT2D eigenvalue weighted by Gasteiger charge is -2.11. The molecule has 0 aliphatic carbocycles. The summed E-state index contributed by atoms with van der Waals surface area (Å²) in [5.74, 6) is -0.522. The van der Waals surface area contributed by atoms with Gasteiger partial charge in [0.25, 0.3) is 5.56 Å². The molecule has 6 nitrogen and oxygen atoms in total. The number of nitrogens with zero attached hydrogens (tertiary/aromatic N) is 3. The molecule has 0 radical (unpaired) electrons. The maximum Gasteiger partial charge on any atom is 0.355 e. The highest BCUT2D eigenvalue weighted by molar-refractivity contribution is 5.87. The van der Waals surface area contributed by atoms with Gasteiger partial charge < -0.3 is 9.30 Å². The van der Waals surface area contributed by atoms with Crippen molar-refractivity contribution in [1.82, 2.24) is 14.3 Å². The van der Waals surface area contributed by atoms with Gasteiger partial charge in [-0.05, 0) is 42.3 Å². The number of hydrogen-bond acceptors (Lipinski definition) is 4. The first-order valence-corrected chi connectivity index (χ1v) is 7.49. The van der Waals surface area contributed by atoms with E-state index in [9.17, 15) is 9.59 Å². The number of pyridine rings is 1. The van der Waals surface area contributed by atoms with Crippen LogP contribution in [0.5, 0.6) is 0 Å². The fourth-order valence-corrected chi connectivity index (χ4v) is 2.39. The van der Waals surface area contributed by atoms with Crippen LogP contribution in [0.2, 0.25) is 0 Å². The first-order valence-electron chi connectivity index (χ1n) is 7.49. The van der Waals surface area contributed by atoms with E-state index in [1.165, 1.54) is 10.6 Å². The number of esters is 1. The van der Waals surface area contributed by atoms with Crippen LogP contribution in [0.1, 0.15) is 21.6 Å². The van der Waals surface area contributed by atoms with Crippen molar-refractivity contribution in [3.05, 3.63) is 82.0 Å². The molecule has 0 fully saturated rings. The molecule has 0 bridgehead atoms. The number of aromatic nitrogens is 3. The Morgan fingerprint density at radius 2 is 2.04 bits per heavy atom. The molecule has 0 unspecified atom stereocenters. The molecule has 3 rings (SSSR count). The SMILES string of the molecule is Cc1cc(-n2cccn2)ccc1COC(=O)c1cccc(=O)n1C. The van der Waals surface area contributed by atoms with Crippen molar-refractivity contribution < 1.29 is 9.53 Å². The Morgan fingerprint density at radius 3 is 2.75 bits per heavy atom. The minimum atomic E-state index is -0.522. The van der Waals surface area contributed by atoms with Gasteiger partial charge in [0.05, 0.1) is 5.69 Å². The maximum atomic E-state index is 12.2. The van der Waals surface area contributed by atoms with Crippen LogP contribution in [0.4, 0.5) is 0 Å². The van der Waals surface area contributed by atoms with Crippen molar-refractivity contribution in [3.63, 3.8) is 0 Å². The molecule has 3 aromatic rings. The number of aryl methyl sites for hydroxylation is 1. The van der Waals surface area contributed by atoms with Crippen molar-refractivity contribution in [2.45, 2.75) is 13.5 Å². The highest BCUT2D eigenvalue weighted by atomic mass is 16.5. The first-order chi connectivity index (χ1) is 11.6. The van der Waals surface area contributed by atoms with Crippen LogP contribution in [0, 0.1) is 6.92 Å². The summed E-state index contributed by atoms with van der Waals surface area (Å²) >= 11 is 0. The molecule has 1 aromatic carbocycles. The van der Waals surface area contributed by atoms with Crippen LogP contribution in [0.3, 0.4) is 0 Å². The molecule has 0 atom stereocenters. The lowest BCUT2D eigenvalue weighted by molar-refractivity contribution is 0.0459. The van der Waals surface area contributed by atoms with E-state index in [0.717, 1.165) is 16.8 Å². The van der Waals surface area contributed by atoms with E-state index in [0.29, 0.717) is 0 Å². The normalized spacial score (nSPS) is 10.6. The van der Waals surface area contributed by atoms with Crippen molar-refractivity contribution >= 4 is 5.97 Å². The number of rotatable bonds is 4. The maximum absolute atomic E-state index is 12.2. The summed E-state index contributed by atoms with van der Waals surface area (Å²) in [5.41, 5.74) is 2.83. The molecular formula is C18H17N3O3. The van der Waals surface area contributed by atoms with E-state index < -0.39 is 5.97 Å². The molecule has 0 N–H and O–H groups in total. The van der Waals surface area contributed by atoms with E-state index in [1.807, 2.05) is 37.4 Å². The Bertz CT molecular complexity index is 927. The Hall–Kier alpha value is -3.15. The van der Waals surface area contributed by atoms with Gasteiger partial charge in [-0.25, -0.2) is 9.48 Å². The molecule has 24 heavy (non-hydrogen) atoms. The minimum Gasteiger partial charge on any atom is -0.456 e. The third-order valence-corrected chi connectivity index (χ3v) is 3.85. The van der Waals surface area contributed by atoms with Gasteiger partial charge in [-0.2, -0.15) is 5.10 Å². The van der Waals surface area contributed by atoms with Gasteiger partial charge in [0.15, 0.2) is 0 Å². The van der Waals surface area contributed by atoms with E-state index in [1.54, 1.807) is 30.1 Å². The monoisotopic (exact) mass is 323 g/mol. The van der Waals surface area contributed by atoms with Gasteiger partial charge in [0.1, 0.15) is 12.3 Å². The van der Waals surface area contributed by atoms with E-state index in [4.69, 9.17) is 4.74 Å². The molecule has 122 valence electrons. The summed E-state index contributed by atoms with van der Waals surface area (Å²) in [6, 6.07) is 12.2. The second-order valence-corrected chi connectivity index (χ2v) is 5.45. The first kappa shape index (κ1) is 15.7. The highest BCUT2D eigenvalue weighted by Crippen LogP contribution is 2.15. The van der Waals surface area contributed by atoms with Crippen molar-refractivity contribution in [1.29, 1.82) is 0 Å². The molecule has 2 aromatic heterocycles. The molecule has 6 heteroatoms. The van der Waals surface area contributed by atoms with Crippen LogP contribution >= 0.6 is 0 Å². The predicted molar refractivity (Wildman–Crippen MR) is 89.1 cm³/mol. The Balaban J connectivity index is 1.74. The molecule has 0 aliphatic heterocycles. The molecule has 0 spiro atoms. The summed E-state index contributed by atoms with van der Waals surface area (Å²) in [4.78, 5) is 23.7.